The summed E-state index contributed by atoms with van der Waals surface area (Å²) in [7, 11) is 0. The van der Waals surface area contributed by atoms with Gasteiger partial charge in [0, 0.05) is 12.8 Å². The lowest BCUT2D eigenvalue weighted by molar-refractivity contribution is -0.301. The number of carbonyl (C=O) groups is 4. The molecule has 6 atom stereocenters. The van der Waals surface area contributed by atoms with Crippen molar-refractivity contribution in [2.24, 2.45) is 0 Å². The molecule has 434 valence electrons. The summed E-state index contributed by atoms with van der Waals surface area (Å²) in [6.45, 7) is 5.59. The average Bonchev–Trinajstić information content (AvgIpc) is 3.42. The molecule has 0 aromatic rings. The molecular weight excluding hydrogens is 973 g/mol. The largest absolute Gasteiger partial charge is 0.479 e. The number of hydrogen-bond acceptors (Lipinski definition) is 11. The topological polar surface area (TPSA) is 175 Å². The Morgan fingerprint density at radius 3 is 1.36 bits per heavy atom. The molecule has 77 heavy (non-hydrogen) atoms. The normalized spacial score (nSPS) is 18.9. The van der Waals surface area contributed by atoms with E-state index in [0.717, 1.165) is 77.0 Å². The van der Waals surface area contributed by atoms with Gasteiger partial charge >= 0.3 is 23.9 Å². The first kappa shape index (κ1) is 70.1. The molecule has 1 rings (SSSR count). The highest BCUT2D eigenvalue weighted by Crippen LogP contribution is 2.26. The zero-order valence-electron chi connectivity index (χ0n) is 47.7. The number of carbonyl (C=O) groups excluding carboxylic acids is 3. The van der Waals surface area contributed by atoms with Crippen LogP contribution in [0.25, 0.3) is 0 Å². The van der Waals surface area contributed by atoms with Crippen LogP contribution in [0.2, 0.25) is 0 Å². The van der Waals surface area contributed by atoms with Crippen LogP contribution in [0.5, 0.6) is 0 Å². The maximum atomic E-state index is 13.1. The van der Waals surface area contributed by atoms with E-state index in [0.29, 0.717) is 25.7 Å². The Hall–Kier alpha value is -4.88. The van der Waals surface area contributed by atoms with Crippen LogP contribution < -0.4 is 0 Å². The Morgan fingerprint density at radius 1 is 0.455 bits per heavy atom. The van der Waals surface area contributed by atoms with Crippen LogP contribution in [0.1, 0.15) is 213 Å². The predicted octanol–water partition coefficient (Wildman–Crippen LogP) is 15.2. The number of allylic oxidation sites excluding steroid dienone is 19. The van der Waals surface area contributed by atoms with Crippen molar-refractivity contribution in [3.63, 3.8) is 0 Å². The molecule has 0 saturated carbocycles. The summed E-state index contributed by atoms with van der Waals surface area (Å²) in [4.78, 5) is 51.0. The Morgan fingerprint density at radius 2 is 0.883 bits per heavy atom. The fourth-order valence-electron chi connectivity index (χ4n) is 8.10. The molecule has 3 N–H and O–H groups in total. The summed E-state index contributed by atoms with van der Waals surface area (Å²) in [6.07, 6.45) is 59.3. The molecule has 0 aromatic carbocycles. The fourth-order valence-corrected chi connectivity index (χ4v) is 8.10. The van der Waals surface area contributed by atoms with Crippen molar-refractivity contribution in [3.05, 3.63) is 122 Å². The number of aliphatic hydroxyl groups is 2. The zero-order valence-corrected chi connectivity index (χ0v) is 47.7. The minimum atomic E-state index is -1.93. The number of carboxylic acid groups (broad SMARTS) is 1. The van der Waals surface area contributed by atoms with E-state index in [2.05, 4.69) is 106 Å². The van der Waals surface area contributed by atoms with Crippen molar-refractivity contribution in [2.45, 2.75) is 250 Å². The van der Waals surface area contributed by atoms with Gasteiger partial charge in [0.2, 0.25) is 0 Å². The maximum Gasteiger partial charge on any atom is 0.335 e. The van der Waals surface area contributed by atoms with Gasteiger partial charge in [0.05, 0.1) is 13.0 Å². The molecule has 0 bridgehead atoms. The van der Waals surface area contributed by atoms with Gasteiger partial charge in [0.1, 0.15) is 18.8 Å². The van der Waals surface area contributed by atoms with Gasteiger partial charge in [-0.25, -0.2) is 4.79 Å². The Kier molecular flexibility index (Phi) is 47.2. The maximum absolute atomic E-state index is 13.1. The van der Waals surface area contributed by atoms with E-state index in [4.69, 9.17) is 23.7 Å². The quantitative estimate of drug-likeness (QED) is 0.0228. The van der Waals surface area contributed by atoms with Crippen LogP contribution in [0.3, 0.4) is 0 Å². The molecule has 1 heterocycles. The number of rotatable bonds is 48. The lowest BCUT2D eigenvalue weighted by Crippen LogP contribution is -2.61. The second kappa shape index (κ2) is 51.9. The molecule has 1 aliphatic heterocycles. The van der Waals surface area contributed by atoms with Gasteiger partial charge in [-0.05, 0) is 96.3 Å². The molecule has 1 aliphatic rings. The van der Waals surface area contributed by atoms with E-state index in [9.17, 15) is 34.5 Å². The molecule has 12 nitrogen and oxygen atoms in total. The Bertz CT molecular complexity index is 1800. The molecule has 6 unspecified atom stereocenters. The summed E-state index contributed by atoms with van der Waals surface area (Å²) >= 11 is 0. The van der Waals surface area contributed by atoms with E-state index >= 15 is 0 Å². The summed E-state index contributed by atoms with van der Waals surface area (Å²) < 4.78 is 28.2. The van der Waals surface area contributed by atoms with Crippen molar-refractivity contribution in [1.82, 2.24) is 0 Å². The molecular formula is C65H102O12. The number of aliphatic hydroxyl groups excluding tert-OH is 2. The average molecular weight is 1080 g/mol. The van der Waals surface area contributed by atoms with Crippen molar-refractivity contribution in [2.75, 3.05) is 13.2 Å². The highest BCUT2D eigenvalue weighted by atomic mass is 16.7. The predicted molar refractivity (Wildman–Crippen MR) is 312 cm³/mol. The fraction of sp³-hybridized carbons (Fsp3) is 0.631. The first-order valence-corrected chi connectivity index (χ1v) is 29.5. The first-order valence-electron chi connectivity index (χ1n) is 29.5. The van der Waals surface area contributed by atoms with E-state index in [1.54, 1.807) is 6.08 Å². The summed E-state index contributed by atoms with van der Waals surface area (Å²) in [5.41, 5.74) is 0. The molecule has 0 amide bonds. The number of esters is 3. The number of unbranched alkanes of at least 4 members (excludes halogenated alkanes) is 15. The van der Waals surface area contributed by atoms with Crippen LogP contribution in [0.4, 0.5) is 0 Å². The minimum Gasteiger partial charge on any atom is -0.479 e. The third-order valence-corrected chi connectivity index (χ3v) is 12.6. The molecule has 0 spiro atoms. The van der Waals surface area contributed by atoms with Gasteiger partial charge in [0.25, 0.3) is 0 Å². The molecule has 12 heteroatoms. The highest BCUT2D eigenvalue weighted by Gasteiger charge is 2.50. The van der Waals surface area contributed by atoms with Gasteiger partial charge in [-0.1, -0.05) is 219 Å². The monoisotopic (exact) mass is 1070 g/mol. The van der Waals surface area contributed by atoms with E-state index in [1.165, 1.54) is 70.6 Å². The smallest absolute Gasteiger partial charge is 0.335 e. The number of ether oxygens (including phenoxy) is 5. The number of carboxylic acids is 1. The van der Waals surface area contributed by atoms with Crippen molar-refractivity contribution >= 4 is 23.9 Å². The third-order valence-electron chi connectivity index (χ3n) is 12.6. The summed E-state index contributed by atoms with van der Waals surface area (Å²) in [6, 6.07) is 0. The molecule has 1 saturated heterocycles. The Balaban J connectivity index is 2.75. The second-order valence-corrected chi connectivity index (χ2v) is 19.5. The summed E-state index contributed by atoms with van der Waals surface area (Å²) in [5, 5.41) is 31.5. The molecule has 0 aliphatic carbocycles. The number of aliphatic carboxylic acids is 1. The van der Waals surface area contributed by atoms with Crippen LogP contribution >= 0.6 is 0 Å². The SMILES string of the molecule is CC/C=C\C/C=C\C/C=C\C/C=C\C/C=C\CC(=O)OCC(COC1OC(C(=O)O)C(O)C(O)C1OC(=O)CCCCCCCCCCC/C=C\CCCCCCCC)OC(=O)CC/C=C\C/C=C\C/C=C\C/C=C\CC. The van der Waals surface area contributed by atoms with Gasteiger partial charge < -0.3 is 39.0 Å². The van der Waals surface area contributed by atoms with Crippen molar-refractivity contribution < 1.29 is 58.2 Å². The third kappa shape index (κ3) is 41.8. The van der Waals surface area contributed by atoms with Crippen molar-refractivity contribution in [1.29, 1.82) is 0 Å². The summed E-state index contributed by atoms with van der Waals surface area (Å²) in [5.74, 6) is -3.41. The molecule has 0 radical (unpaired) electrons. The van der Waals surface area contributed by atoms with Crippen LogP contribution in [-0.4, -0.2) is 89.2 Å². The minimum absolute atomic E-state index is 0.0162. The number of hydrogen-bond donors (Lipinski definition) is 3. The first-order chi connectivity index (χ1) is 37.6. The Labute approximate surface area is 465 Å². The van der Waals surface area contributed by atoms with Crippen LogP contribution in [0.15, 0.2) is 122 Å². The zero-order chi connectivity index (χ0) is 56.1. The molecule has 0 aromatic heterocycles. The van der Waals surface area contributed by atoms with E-state index in [-0.39, 0.29) is 19.3 Å². The lowest BCUT2D eigenvalue weighted by atomic mass is 9.98. The van der Waals surface area contributed by atoms with Gasteiger partial charge in [-0.15, -0.1) is 0 Å². The van der Waals surface area contributed by atoms with Crippen LogP contribution in [-0.2, 0) is 42.9 Å². The van der Waals surface area contributed by atoms with E-state index in [1.807, 2.05) is 30.4 Å². The van der Waals surface area contributed by atoms with Gasteiger partial charge in [-0.3, -0.25) is 14.4 Å². The highest BCUT2D eigenvalue weighted by molar-refractivity contribution is 5.74. The lowest BCUT2D eigenvalue weighted by Gasteiger charge is -2.40. The van der Waals surface area contributed by atoms with Gasteiger partial charge in [-0.2, -0.15) is 0 Å². The van der Waals surface area contributed by atoms with Crippen LogP contribution in [0, 0.1) is 0 Å². The van der Waals surface area contributed by atoms with Gasteiger partial charge in [0.15, 0.2) is 24.6 Å². The standard InChI is InChI=1S/C65H102O12/c1-4-7-10-13-16-19-22-25-27-28-29-30-32-35-38-41-44-47-50-53-59(68)76-63-61(70)60(69)62(64(71)72)77-65(63)74-55-56(75-58(67)52-49-46-43-40-37-33-24-21-18-15-12-9-6-3)54-73-57(66)51-48-45-42-39-36-34-31-26-23-20-17-14-11-8-5-2/h8-9,11-12,17-18,20-21,25-27,31,33,36-37,39,43,45-46,48,56,60-63,65,69-70H,4-7,10,13-16,19,22-24,28-30,32,34-35,38,40-42,44,47,49-55H2,1-3H3,(H,71,72)/b11-8-,12-9-,20-17-,21-18-,27-25-,31-26-,37-33-,39-36-,46-43-,48-45-. The van der Waals surface area contributed by atoms with E-state index < -0.39 is 73.9 Å². The molecule has 1 fully saturated rings. The van der Waals surface area contributed by atoms with Crippen molar-refractivity contribution in [3.8, 4) is 0 Å². The second-order valence-electron chi connectivity index (χ2n) is 19.5.